The average Bonchev–Trinajstić information content (AvgIpc) is 2.91. The molecule has 9 heteroatoms. The molecule has 1 aliphatic carbocycles. The minimum atomic E-state index is -3.53. The maximum absolute atomic E-state index is 13.6. The van der Waals surface area contributed by atoms with Gasteiger partial charge in [0.2, 0.25) is 21.8 Å². The first-order valence-electron chi connectivity index (χ1n) is 13.9. The predicted molar refractivity (Wildman–Crippen MR) is 155 cm³/mol. The van der Waals surface area contributed by atoms with Crippen molar-refractivity contribution in [3.8, 4) is 5.75 Å². The molecule has 39 heavy (non-hydrogen) atoms. The number of nitrogens with zero attached hydrogens (tertiary/aromatic N) is 2. The van der Waals surface area contributed by atoms with Crippen LogP contribution in [0, 0.1) is 6.92 Å². The van der Waals surface area contributed by atoms with E-state index in [1.54, 1.807) is 18.1 Å². The fraction of sp³-hybridized carbons (Fsp3) is 0.533. The lowest BCUT2D eigenvalue weighted by molar-refractivity contribution is -0.141. The van der Waals surface area contributed by atoms with Gasteiger partial charge in [-0.15, -0.1) is 0 Å². The lowest BCUT2D eigenvalue weighted by Crippen LogP contribution is -2.51. The highest BCUT2D eigenvalue weighted by molar-refractivity contribution is 7.92. The largest absolute Gasteiger partial charge is 0.497 e. The van der Waals surface area contributed by atoms with Gasteiger partial charge >= 0.3 is 0 Å². The first-order chi connectivity index (χ1) is 18.6. The predicted octanol–water partition coefficient (Wildman–Crippen LogP) is 4.81. The van der Waals surface area contributed by atoms with Crippen LogP contribution in [0.4, 0.5) is 5.69 Å². The van der Waals surface area contributed by atoms with E-state index in [-0.39, 0.29) is 37.4 Å². The van der Waals surface area contributed by atoms with Crippen molar-refractivity contribution in [1.82, 2.24) is 10.2 Å². The number of ether oxygens (including phenoxy) is 1. The Labute approximate surface area is 233 Å². The lowest BCUT2D eigenvalue weighted by atomic mass is 9.95. The number of amides is 2. The standard InChI is InChI=1S/C30H43N3O5S/c1-5-28(30(35)31-25-12-7-6-8-13-25)32(22-24-16-18-27(38-3)19-17-24)29(34)15-10-20-33(39(4,36)37)26-14-9-11-23(2)21-26/h9,11,14,16-19,21,25,28H,5-8,10,12-13,15,20,22H2,1-4H3,(H,31,35)/t28-/m0/s1. The van der Waals surface area contributed by atoms with E-state index in [0.717, 1.165) is 42.6 Å². The molecule has 0 spiro atoms. The Bertz CT molecular complexity index is 1190. The van der Waals surface area contributed by atoms with Crippen LogP contribution in [-0.4, -0.2) is 57.1 Å². The second-order valence-corrected chi connectivity index (χ2v) is 12.3. The number of benzene rings is 2. The molecule has 1 aliphatic rings. The van der Waals surface area contributed by atoms with E-state index in [0.29, 0.717) is 18.5 Å². The van der Waals surface area contributed by atoms with E-state index in [1.165, 1.54) is 17.0 Å². The summed E-state index contributed by atoms with van der Waals surface area (Å²) in [5.41, 5.74) is 2.43. The number of hydrogen-bond donors (Lipinski definition) is 1. The van der Waals surface area contributed by atoms with Crippen LogP contribution < -0.4 is 14.4 Å². The summed E-state index contributed by atoms with van der Waals surface area (Å²) in [6, 6.07) is 14.3. The summed E-state index contributed by atoms with van der Waals surface area (Å²) < 4.78 is 31.7. The van der Waals surface area contributed by atoms with Crippen LogP contribution in [0.1, 0.15) is 69.4 Å². The zero-order valence-corrected chi connectivity index (χ0v) is 24.5. The first kappa shape index (κ1) is 30.5. The van der Waals surface area contributed by atoms with E-state index in [2.05, 4.69) is 5.32 Å². The number of aryl methyl sites for hydroxylation is 1. The van der Waals surface area contributed by atoms with E-state index in [9.17, 15) is 18.0 Å². The van der Waals surface area contributed by atoms with Gasteiger partial charge in [0.05, 0.1) is 19.1 Å². The fourth-order valence-corrected chi connectivity index (χ4v) is 6.14. The molecular formula is C30H43N3O5S. The monoisotopic (exact) mass is 557 g/mol. The van der Waals surface area contributed by atoms with Crippen molar-refractivity contribution >= 4 is 27.5 Å². The Morgan fingerprint density at radius 2 is 1.77 bits per heavy atom. The third kappa shape index (κ3) is 8.98. The van der Waals surface area contributed by atoms with Gasteiger partial charge < -0.3 is 15.0 Å². The van der Waals surface area contributed by atoms with Gasteiger partial charge in [0.15, 0.2) is 0 Å². The van der Waals surface area contributed by atoms with Crippen molar-refractivity contribution in [3.63, 3.8) is 0 Å². The highest BCUT2D eigenvalue weighted by Crippen LogP contribution is 2.22. The molecule has 1 saturated carbocycles. The highest BCUT2D eigenvalue weighted by Gasteiger charge is 2.30. The quantitative estimate of drug-likeness (QED) is 0.382. The van der Waals surface area contributed by atoms with Crippen LogP contribution in [0.5, 0.6) is 5.75 Å². The molecule has 2 aromatic rings. The second-order valence-electron chi connectivity index (χ2n) is 10.4. The Kier molecular flexibility index (Phi) is 11.2. The number of anilines is 1. The molecule has 0 aliphatic heterocycles. The molecule has 0 unspecified atom stereocenters. The summed E-state index contributed by atoms with van der Waals surface area (Å²) >= 11 is 0. The molecule has 0 bridgehead atoms. The highest BCUT2D eigenvalue weighted by atomic mass is 32.2. The SMILES string of the molecule is CC[C@@H](C(=O)NC1CCCCC1)N(Cc1ccc(OC)cc1)C(=O)CCCN(c1cccc(C)c1)S(C)(=O)=O. The Morgan fingerprint density at radius 1 is 1.08 bits per heavy atom. The summed E-state index contributed by atoms with van der Waals surface area (Å²) in [6.45, 7) is 4.29. The number of carbonyl (C=O) groups excluding carboxylic acids is 2. The lowest BCUT2D eigenvalue weighted by Gasteiger charge is -2.33. The van der Waals surface area contributed by atoms with Gasteiger partial charge in [-0.3, -0.25) is 13.9 Å². The Hall–Kier alpha value is -3.07. The third-order valence-corrected chi connectivity index (χ3v) is 8.49. The van der Waals surface area contributed by atoms with Crippen LogP contribution in [-0.2, 0) is 26.2 Å². The van der Waals surface area contributed by atoms with Gasteiger partial charge in [0.25, 0.3) is 0 Å². The molecule has 2 aromatic carbocycles. The van der Waals surface area contributed by atoms with Gasteiger partial charge in [0.1, 0.15) is 11.8 Å². The number of nitrogens with one attached hydrogen (secondary N) is 1. The summed E-state index contributed by atoms with van der Waals surface area (Å²) in [5.74, 6) is 0.425. The minimum absolute atomic E-state index is 0.121. The number of sulfonamides is 1. The molecule has 8 nitrogen and oxygen atoms in total. The van der Waals surface area contributed by atoms with Gasteiger partial charge in [0, 0.05) is 25.6 Å². The average molecular weight is 558 g/mol. The number of methoxy groups -OCH3 is 1. The molecule has 2 amide bonds. The van der Waals surface area contributed by atoms with E-state index in [1.807, 2.05) is 56.3 Å². The molecule has 1 N–H and O–H groups in total. The Morgan fingerprint density at radius 3 is 2.36 bits per heavy atom. The number of rotatable bonds is 13. The van der Waals surface area contributed by atoms with Crippen molar-refractivity contribution in [2.75, 3.05) is 24.2 Å². The van der Waals surface area contributed by atoms with E-state index < -0.39 is 16.1 Å². The maximum Gasteiger partial charge on any atom is 0.243 e. The van der Waals surface area contributed by atoms with Gasteiger partial charge in [-0.25, -0.2) is 8.42 Å². The third-order valence-electron chi connectivity index (χ3n) is 7.29. The van der Waals surface area contributed by atoms with Gasteiger partial charge in [-0.1, -0.05) is 50.5 Å². The zero-order valence-electron chi connectivity index (χ0n) is 23.7. The van der Waals surface area contributed by atoms with Crippen molar-refractivity contribution in [1.29, 1.82) is 0 Å². The molecule has 0 aromatic heterocycles. The molecule has 0 radical (unpaired) electrons. The summed E-state index contributed by atoms with van der Waals surface area (Å²) in [4.78, 5) is 28.7. The molecule has 1 fully saturated rings. The molecule has 0 saturated heterocycles. The van der Waals surface area contributed by atoms with Crippen LogP contribution >= 0.6 is 0 Å². The van der Waals surface area contributed by atoms with Crippen LogP contribution in [0.15, 0.2) is 48.5 Å². The van der Waals surface area contributed by atoms with E-state index >= 15 is 0 Å². The summed E-state index contributed by atoms with van der Waals surface area (Å²) in [5, 5.41) is 3.19. The van der Waals surface area contributed by atoms with Crippen LogP contribution in [0.25, 0.3) is 0 Å². The van der Waals surface area contributed by atoms with Gasteiger partial charge in [-0.05, 0) is 68.0 Å². The van der Waals surface area contributed by atoms with Crippen LogP contribution in [0.3, 0.4) is 0 Å². The molecule has 214 valence electrons. The van der Waals surface area contributed by atoms with Crippen molar-refractivity contribution < 1.29 is 22.7 Å². The molecule has 0 heterocycles. The van der Waals surface area contributed by atoms with Gasteiger partial charge in [-0.2, -0.15) is 0 Å². The van der Waals surface area contributed by atoms with Crippen molar-refractivity contribution in [3.05, 3.63) is 59.7 Å². The molecular weight excluding hydrogens is 514 g/mol. The summed E-state index contributed by atoms with van der Waals surface area (Å²) in [6.07, 6.45) is 7.46. The van der Waals surface area contributed by atoms with Crippen LogP contribution in [0.2, 0.25) is 0 Å². The fourth-order valence-electron chi connectivity index (χ4n) is 5.18. The second kappa shape index (κ2) is 14.4. The summed E-state index contributed by atoms with van der Waals surface area (Å²) in [7, 11) is -1.93. The minimum Gasteiger partial charge on any atom is -0.497 e. The Balaban J connectivity index is 1.76. The number of hydrogen-bond acceptors (Lipinski definition) is 5. The number of carbonyl (C=O) groups is 2. The molecule has 3 rings (SSSR count). The van der Waals surface area contributed by atoms with Crippen molar-refractivity contribution in [2.24, 2.45) is 0 Å². The van der Waals surface area contributed by atoms with Crippen molar-refractivity contribution in [2.45, 2.75) is 83.8 Å². The smallest absolute Gasteiger partial charge is 0.243 e. The first-order valence-corrected chi connectivity index (χ1v) is 15.7. The topological polar surface area (TPSA) is 96.0 Å². The zero-order chi connectivity index (χ0) is 28.4. The van der Waals surface area contributed by atoms with E-state index in [4.69, 9.17) is 4.74 Å². The maximum atomic E-state index is 13.6. The normalized spacial score (nSPS) is 14.9. The molecule has 1 atom stereocenters.